The Bertz CT molecular complexity index is 547. The second-order valence-electron chi connectivity index (χ2n) is 5.77. The lowest BCUT2D eigenvalue weighted by Gasteiger charge is -2.28. The van der Waals surface area contributed by atoms with E-state index in [-0.39, 0.29) is 5.91 Å². The maximum atomic E-state index is 11.9. The molecule has 106 valence electrons. The lowest BCUT2D eigenvalue weighted by molar-refractivity contribution is -0.118. The Morgan fingerprint density at radius 2 is 2.15 bits per heavy atom. The van der Waals surface area contributed by atoms with Crippen LogP contribution in [0.3, 0.4) is 0 Å². The zero-order valence-corrected chi connectivity index (χ0v) is 11.8. The minimum atomic E-state index is -0.679. The SMILES string of the molecule is [CH]c1cccc2c1CC(NC(=O)OC(C)(C)C)C(=O)N2. The predicted molar refractivity (Wildman–Crippen MR) is 75.3 cm³/mol. The van der Waals surface area contributed by atoms with Gasteiger partial charge in [0, 0.05) is 12.1 Å². The second-order valence-corrected chi connectivity index (χ2v) is 5.77. The number of rotatable bonds is 1. The van der Waals surface area contributed by atoms with Gasteiger partial charge in [-0.25, -0.2) is 4.79 Å². The van der Waals surface area contributed by atoms with Crippen molar-refractivity contribution in [2.45, 2.75) is 38.8 Å². The van der Waals surface area contributed by atoms with E-state index in [9.17, 15) is 9.59 Å². The van der Waals surface area contributed by atoms with Gasteiger partial charge in [0.25, 0.3) is 0 Å². The maximum absolute atomic E-state index is 11.9. The van der Waals surface area contributed by atoms with Crippen LogP contribution in [0.5, 0.6) is 0 Å². The molecule has 1 aliphatic heterocycles. The normalized spacial score (nSPS) is 18.0. The van der Waals surface area contributed by atoms with Gasteiger partial charge in [0.05, 0.1) is 0 Å². The van der Waals surface area contributed by atoms with E-state index >= 15 is 0 Å². The first-order valence-corrected chi connectivity index (χ1v) is 6.44. The third-order valence-electron chi connectivity index (χ3n) is 2.89. The summed E-state index contributed by atoms with van der Waals surface area (Å²) in [6.07, 6.45) is -0.261. The Labute approximate surface area is 118 Å². The first-order valence-electron chi connectivity index (χ1n) is 6.44. The molecule has 0 bridgehead atoms. The zero-order chi connectivity index (χ0) is 14.9. The van der Waals surface area contributed by atoms with E-state index in [1.165, 1.54) is 0 Å². The van der Waals surface area contributed by atoms with Crippen LogP contribution in [-0.2, 0) is 16.0 Å². The van der Waals surface area contributed by atoms with Crippen LogP contribution < -0.4 is 10.6 Å². The van der Waals surface area contributed by atoms with E-state index in [1.54, 1.807) is 39.0 Å². The molecule has 0 saturated carbocycles. The topological polar surface area (TPSA) is 67.4 Å². The second kappa shape index (κ2) is 5.15. The van der Waals surface area contributed by atoms with Gasteiger partial charge < -0.3 is 15.4 Å². The van der Waals surface area contributed by atoms with Crippen LogP contribution in [-0.4, -0.2) is 23.6 Å². The van der Waals surface area contributed by atoms with Gasteiger partial charge in [-0.05, 0) is 44.9 Å². The average molecular weight is 274 g/mol. The van der Waals surface area contributed by atoms with Gasteiger partial charge in [-0.15, -0.1) is 0 Å². The molecular formula is C15H18N2O3. The minimum absolute atomic E-state index is 0.269. The van der Waals surface area contributed by atoms with Crippen LogP contribution in [0.2, 0.25) is 0 Å². The van der Waals surface area contributed by atoms with Gasteiger partial charge in [0.2, 0.25) is 5.91 Å². The van der Waals surface area contributed by atoms with Gasteiger partial charge in [-0.2, -0.15) is 0 Å². The minimum Gasteiger partial charge on any atom is -0.444 e. The summed E-state index contributed by atoms with van der Waals surface area (Å²) < 4.78 is 5.15. The number of nitrogens with one attached hydrogen (secondary N) is 2. The molecule has 1 atom stereocenters. The van der Waals surface area contributed by atoms with Crippen molar-refractivity contribution >= 4 is 17.7 Å². The molecule has 2 radical (unpaired) electrons. The lowest BCUT2D eigenvalue weighted by Crippen LogP contribution is -2.49. The number of carbonyl (C=O) groups is 2. The maximum Gasteiger partial charge on any atom is 0.408 e. The Morgan fingerprint density at radius 1 is 1.45 bits per heavy atom. The van der Waals surface area contributed by atoms with Crippen LogP contribution in [0.1, 0.15) is 31.9 Å². The highest BCUT2D eigenvalue weighted by Crippen LogP contribution is 2.25. The first-order chi connectivity index (χ1) is 9.26. The van der Waals surface area contributed by atoms with Crippen LogP contribution in [0.25, 0.3) is 0 Å². The smallest absolute Gasteiger partial charge is 0.408 e. The molecule has 2 rings (SSSR count). The van der Waals surface area contributed by atoms with E-state index in [2.05, 4.69) is 10.6 Å². The molecular weight excluding hydrogens is 256 g/mol. The summed E-state index contributed by atoms with van der Waals surface area (Å²) in [5.41, 5.74) is 1.51. The van der Waals surface area contributed by atoms with Crippen LogP contribution in [0.4, 0.5) is 10.5 Å². The molecule has 5 nitrogen and oxygen atoms in total. The van der Waals surface area contributed by atoms with Crippen molar-refractivity contribution in [3.63, 3.8) is 0 Å². The number of hydrogen-bond acceptors (Lipinski definition) is 3. The van der Waals surface area contributed by atoms with Gasteiger partial charge in [-0.3, -0.25) is 4.79 Å². The van der Waals surface area contributed by atoms with Gasteiger partial charge >= 0.3 is 6.09 Å². The standard InChI is InChI=1S/C15H18N2O3/c1-9-6-5-7-11-10(9)8-12(13(18)16-11)17-14(19)20-15(2,3)4/h1,5-7,12H,8H2,2-4H3,(H,16,18)(H,17,19). The van der Waals surface area contributed by atoms with E-state index in [0.29, 0.717) is 17.7 Å². The van der Waals surface area contributed by atoms with E-state index in [1.807, 2.05) is 0 Å². The van der Waals surface area contributed by atoms with Gasteiger partial charge in [0.15, 0.2) is 0 Å². The molecule has 1 unspecified atom stereocenters. The molecule has 20 heavy (non-hydrogen) atoms. The molecule has 2 N–H and O–H groups in total. The monoisotopic (exact) mass is 274 g/mol. The van der Waals surface area contributed by atoms with Crippen molar-refractivity contribution in [1.29, 1.82) is 0 Å². The highest BCUT2D eigenvalue weighted by Gasteiger charge is 2.29. The Morgan fingerprint density at radius 3 is 2.80 bits per heavy atom. The fraction of sp³-hybridized carbons (Fsp3) is 0.400. The fourth-order valence-electron chi connectivity index (χ4n) is 2.03. The number of amides is 2. The summed E-state index contributed by atoms with van der Waals surface area (Å²) in [6.45, 7) is 11.2. The fourth-order valence-corrected chi connectivity index (χ4v) is 2.03. The number of fused-ring (bicyclic) bond motifs is 1. The van der Waals surface area contributed by atoms with Crippen LogP contribution >= 0.6 is 0 Å². The molecule has 1 heterocycles. The molecule has 1 aliphatic rings. The van der Waals surface area contributed by atoms with Crippen molar-refractivity contribution in [1.82, 2.24) is 5.32 Å². The molecule has 2 amide bonds. The van der Waals surface area contributed by atoms with Crippen LogP contribution in [0.15, 0.2) is 18.2 Å². The largest absolute Gasteiger partial charge is 0.444 e. The summed E-state index contributed by atoms with van der Waals surface area (Å²) in [5, 5.41) is 5.29. The highest BCUT2D eigenvalue weighted by atomic mass is 16.6. The Kier molecular flexibility index (Phi) is 3.70. The van der Waals surface area contributed by atoms with Crippen molar-refractivity contribution in [2.75, 3.05) is 5.32 Å². The summed E-state index contributed by atoms with van der Waals surface area (Å²) in [4.78, 5) is 23.7. The quantitative estimate of drug-likeness (QED) is 0.824. The molecule has 0 aromatic heterocycles. The van der Waals surface area contributed by atoms with Crippen LogP contribution in [0, 0.1) is 6.92 Å². The van der Waals surface area contributed by atoms with E-state index in [4.69, 9.17) is 11.7 Å². The molecule has 0 fully saturated rings. The number of carbonyl (C=O) groups excluding carboxylic acids is 2. The summed E-state index contributed by atoms with van der Waals surface area (Å²) in [6, 6.07) is 4.64. The number of hydrogen-bond donors (Lipinski definition) is 2. The third kappa shape index (κ3) is 3.29. The zero-order valence-electron chi connectivity index (χ0n) is 11.8. The summed E-state index contributed by atoms with van der Waals surface area (Å²) in [5.74, 6) is -0.269. The van der Waals surface area contributed by atoms with Gasteiger partial charge in [0.1, 0.15) is 11.6 Å². The molecule has 1 aromatic carbocycles. The number of anilines is 1. The van der Waals surface area contributed by atoms with Crippen molar-refractivity contribution in [3.8, 4) is 0 Å². The van der Waals surface area contributed by atoms with Crippen molar-refractivity contribution in [3.05, 3.63) is 36.2 Å². The first kappa shape index (κ1) is 14.4. The summed E-state index contributed by atoms with van der Waals surface area (Å²) in [7, 11) is 0. The third-order valence-corrected chi connectivity index (χ3v) is 2.89. The molecule has 0 aliphatic carbocycles. The number of alkyl carbamates (subject to hydrolysis) is 1. The van der Waals surface area contributed by atoms with E-state index in [0.717, 1.165) is 5.56 Å². The van der Waals surface area contributed by atoms with Crippen molar-refractivity contribution in [2.24, 2.45) is 0 Å². The van der Waals surface area contributed by atoms with Crippen molar-refractivity contribution < 1.29 is 14.3 Å². The lowest BCUT2D eigenvalue weighted by atomic mass is 9.95. The Hall–Kier alpha value is -2.04. The highest BCUT2D eigenvalue weighted by molar-refractivity contribution is 5.99. The molecule has 0 saturated heterocycles. The number of benzene rings is 1. The van der Waals surface area contributed by atoms with E-state index < -0.39 is 17.7 Å². The molecule has 0 spiro atoms. The molecule has 1 aromatic rings. The predicted octanol–water partition coefficient (Wildman–Crippen LogP) is 2.13. The summed E-state index contributed by atoms with van der Waals surface area (Å²) >= 11 is 0. The molecule has 5 heteroatoms. The Balaban J connectivity index is 2.10. The van der Waals surface area contributed by atoms with Gasteiger partial charge in [-0.1, -0.05) is 12.1 Å². The number of ether oxygens (including phenoxy) is 1. The average Bonchev–Trinajstić information content (AvgIpc) is 2.29.